The van der Waals surface area contributed by atoms with Crippen molar-refractivity contribution in [3.63, 3.8) is 0 Å². The highest BCUT2D eigenvalue weighted by Crippen LogP contribution is 2.66. The number of hydrogen-bond donors (Lipinski definition) is 4. The molecule has 10 atom stereocenters. The highest BCUT2D eigenvalue weighted by Gasteiger charge is 2.72. The molecule has 0 aromatic rings. The van der Waals surface area contributed by atoms with Crippen LogP contribution in [0.3, 0.4) is 0 Å². The van der Waals surface area contributed by atoms with Gasteiger partial charge in [0.25, 0.3) is 0 Å². The summed E-state index contributed by atoms with van der Waals surface area (Å²) in [7, 11) is 0. The van der Waals surface area contributed by atoms with E-state index >= 15 is 0 Å². The Bertz CT molecular complexity index is 563. The first-order chi connectivity index (χ1) is 12.0. The minimum absolute atomic E-state index is 0.0251. The number of carbonyl (C=O) groups is 1. The lowest BCUT2D eigenvalue weighted by atomic mass is 9.44. The number of hydrogen-bond acceptors (Lipinski definition) is 6. The molecule has 0 aromatic carbocycles. The van der Waals surface area contributed by atoms with Gasteiger partial charge in [0.2, 0.25) is 0 Å². The zero-order chi connectivity index (χ0) is 19.6. The van der Waals surface area contributed by atoms with Crippen molar-refractivity contribution < 1.29 is 30.0 Å². The molecule has 6 nitrogen and oxygen atoms in total. The Hall–Kier alpha value is -0.530. The number of aliphatic hydroxyl groups excluding tert-OH is 4. The van der Waals surface area contributed by atoms with Gasteiger partial charge in [0.05, 0.1) is 37.1 Å². The van der Waals surface area contributed by atoms with Gasteiger partial charge in [-0.1, -0.05) is 34.6 Å². The summed E-state index contributed by atoms with van der Waals surface area (Å²) >= 11 is 0. The second-order valence-corrected chi connectivity index (χ2v) is 9.85. The van der Waals surface area contributed by atoms with E-state index in [1.807, 2.05) is 13.8 Å². The Labute approximate surface area is 155 Å². The first-order valence-corrected chi connectivity index (χ1v) is 9.80. The predicted octanol–water partition coefficient (Wildman–Crippen LogP) is 0.742. The number of aliphatic hydroxyl groups is 4. The van der Waals surface area contributed by atoms with E-state index in [1.54, 1.807) is 6.92 Å². The third kappa shape index (κ3) is 2.85. The van der Waals surface area contributed by atoms with Crippen LogP contribution in [0.2, 0.25) is 0 Å². The summed E-state index contributed by atoms with van der Waals surface area (Å²) in [5.74, 6) is -1.47. The third-order valence-electron chi connectivity index (χ3n) is 7.57. The molecule has 0 amide bonds. The van der Waals surface area contributed by atoms with Gasteiger partial charge in [-0.15, -0.1) is 0 Å². The van der Waals surface area contributed by atoms with Crippen LogP contribution in [0.25, 0.3) is 0 Å². The summed E-state index contributed by atoms with van der Waals surface area (Å²) in [6.45, 7) is 9.39. The molecule has 2 aliphatic carbocycles. The molecule has 0 aromatic heterocycles. The van der Waals surface area contributed by atoms with Gasteiger partial charge < -0.3 is 25.2 Å². The highest BCUT2D eigenvalue weighted by molar-refractivity contribution is 5.83. The number of ether oxygens (including phenoxy) is 1. The molecule has 3 aliphatic rings. The average Bonchev–Trinajstić information content (AvgIpc) is 3.30. The minimum atomic E-state index is -0.963. The fourth-order valence-corrected chi connectivity index (χ4v) is 6.38. The molecule has 1 saturated heterocycles. The highest BCUT2D eigenvalue weighted by atomic mass is 16.6. The molecule has 1 aliphatic heterocycles. The molecule has 0 bridgehead atoms. The van der Waals surface area contributed by atoms with Crippen LogP contribution in [-0.2, 0) is 9.53 Å². The largest absolute Gasteiger partial charge is 0.394 e. The Morgan fingerprint density at radius 3 is 2.42 bits per heavy atom. The molecule has 2 saturated carbocycles. The number of Topliss-reactive ketones (excluding diaryl/α,β-unsaturated/α-hetero) is 1. The van der Waals surface area contributed by atoms with E-state index < -0.39 is 35.6 Å². The Morgan fingerprint density at radius 1 is 1.23 bits per heavy atom. The maximum Gasteiger partial charge on any atom is 0.137 e. The van der Waals surface area contributed by atoms with Crippen molar-refractivity contribution in [1.82, 2.24) is 0 Å². The van der Waals surface area contributed by atoms with Crippen molar-refractivity contribution >= 4 is 5.78 Å². The predicted molar refractivity (Wildman–Crippen MR) is 95.2 cm³/mol. The number of epoxide rings is 1. The quantitative estimate of drug-likeness (QED) is 0.532. The van der Waals surface area contributed by atoms with Crippen LogP contribution in [0, 0.1) is 34.5 Å². The smallest absolute Gasteiger partial charge is 0.137 e. The van der Waals surface area contributed by atoms with Crippen molar-refractivity contribution in [2.75, 3.05) is 6.61 Å². The molecule has 150 valence electrons. The van der Waals surface area contributed by atoms with Gasteiger partial charge in [-0.3, -0.25) is 4.79 Å². The SMILES string of the molecule is C[C@H]1[C@H](O)[C@H](O)[C@H]2C(C)(C)CC3OC3[C@]2(C)[C@H]1C(=O)C[C@H](C)C(O)CO. The molecule has 6 heteroatoms. The molecular weight excluding hydrogens is 336 g/mol. The van der Waals surface area contributed by atoms with E-state index in [-0.39, 0.29) is 48.3 Å². The molecule has 26 heavy (non-hydrogen) atoms. The third-order valence-corrected chi connectivity index (χ3v) is 7.57. The average molecular weight is 370 g/mol. The summed E-state index contributed by atoms with van der Waals surface area (Å²) in [5.41, 5.74) is -0.798. The van der Waals surface area contributed by atoms with Crippen LogP contribution >= 0.6 is 0 Å². The lowest BCUT2D eigenvalue weighted by molar-refractivity contribution is -0.203. The van der Waals surface area contributed by atoms with Crippen LogP contribution in [0.4, 0.5) is 0 Å². The van der Waals surface area contributed by atoms with Gasteiger partial charge >= 0.3 is 0 Å². The molecular formula is C20H34O6. The lowest BCUT2D eigenvalue weighted by Crippen LogP contribution is -2.66. The molecule has 0 spiro atoms. The number of fused-ring (bicyclic) bond motifs is 3. The Kier molecular flexibility index (Phi) is 5.07. The van der Waals surface area contributed by atoms with Crippen molar-refractivity contribution in [2.45, 2.75) is 78.0 Å². The van der Waals surface area contributed by atoms with Crippen LogP contribution in [0.15, 0.2) is 0 Å². The fourth-order valence-electron chi connectivity index (χ4n) is 6.38. The summed E-state index contributed by atoms with van der Waals surface area (Å²) in [6, 6.07) is 0. The van der Waals surface area contributed by atoms with Gasteiger partial charge in [-0.25, -0.2) is 0 Å². The van der Waals surface area contributed by atoms with Gasteiger partial charge in [-0.2, -0.15) is 0 Å². The Morgan fingerprint density at radius 2 is 1.85 bits per heavy atom. The van der Waals surface area contributed by atoms with Gasteiger partial charge in [0, 0.05) is 23.7 Å². The van der Waals surface area contributed by atoms with Crippen LogP contribution in [-0.4, -0.2) is 63.3 Å². The summed E-state index contributed by atoms with van der Waals surface area (Å²) in [5, 5.41) is 40.6. The van der Waals surface area contributed by atoms with E-state index in [1.165, 1.54) is 0 Å². The van der Waals surface area contributed by atoms with Crippen LogP contribution in [0.5, 0.6) is 0 Å². The van der Waals surface area contributed by atoms with Crippen molar-refractivity contribution in [2.24, 2.45) is 34.5 Å². The molecule has 4 N–H and O–H groups in total. The summed E-state index contributed by atoms with van der Waals surface area (Å²) < 4.78 is 5.94. The molecule has 3 rings (SSSR count). The maximum atomic E-state index is 13.3. The normalized spacial score (nSPS) is 48.9. The van der Waals surface area contributed by atoms with Crippen LogP contribution in [0.1, 0.15) is 47.5 Å². The standard InChI is InChI=1S/C20H34O6/c1-9(12(23)8-21)6-11(22)14-10(2)15(24)16(25)17-19(3,4)7-13-18(26-13)20(14,17)5/h9-10,12-18,21,23-25H,6-8H2,1-5H3/t9-,10+,12?,13?,14+,15-,16-,17-,18?,20+/m0/s1. The van der Waals surface area contributed by atoms with Crippen LogP contribution < -0.4 is 0 Å². The summed E-state index contributed by atoms with van der Waals surface area (Å²) in [4.78, 5) is 13.3. The first kappa shape index (κ1) is 20.2. The van der Waals surface area contributed by atoms with E-state index in [2.05, 4.69) is 13.8 Å². The van der Waals surface area contributed by atoms with Gasteiger partial charge in [-0.05, 0) is 23.7 Å². The minimum Gasteiger partial charge on any atom is -0.394 e. The molecule has 3 unspecified atom stereocenters. The Balaban J connectivity index is 1.96. The van der Waals surface area contributed by atoms with E-state index in [0.717, 1.165) is 6.42 Å². The van der Waals surface area contributed by atoms with Crippen molar-refractivity contribution in [3.05, 3.63) is 0 Å². The first-order valence-electron chi connectivity index (χ1n) is 9.80. The zero-order valence-corrected chi connectivity index (χ0v) is 16.4. The topological polar surface area (TPSA) is 111 Å². The zero-order valence-electron chi connectivity index (χ0n) is 16.4. The molecule has 1 heterocycles. The number of rotatable bonds is 5. The lowest BCUT2D eigenvalue weighted by Gasteiger charge is -2.60. The fraction of sp³-hybridized carbons (Fsp3) is 0.950. The van der Waals surface area contributed by atoms with Gasteiger partial charge in [0.15, 0.2) is 0 Å². The van der Waals surface area contributed by atoms with Crippen molar-refractivity contribution in [1.29, 1.82) is 0 Å². The summed E-state index contributed by atoms with van der Waals surface area (Å²) in [6.07, 6.45) is -1.80. The van der Waals surface area contributed by atoms with E-state index in [4.69, 9.17) is 9.84 Å². The second-order valence-electron chi connectivity index (χ2n) is 9.85. The number of carbonyl (C=O) groups excluding carboxylic acids is 1. The van der Waals surface area contributed by atoms with E-state index in [0.29, 0.717) is 0 Å². The van der Waals surface area contributed by atoms with Crippen molar-refractivity contribution in [3.8, 4) is 0 Å². The molecule has 0 radical (unpaired) electrons. The number of ketones is 1. The maximum absolute atomic E-state index is 13.3. The van der Waals surface area contributed by atoms with E-state index in [9.17, 15) is 20.1 Å². The second kappa shape index (κ2) is 6.52. The molecule has 3 fully saturated rings. The monoisotopic (exact) mass is 370 g/mol. The van der Waals surface area contributed by atoms with Gasteiger partial charge in [0.1, 0.15) is 5.78 Å².